The Bertz CT molecular complexity index is 403. The van der Waals surface area contributed by atoms with Crippen LogP contribution in [0.5, 0.6) is 0 Å². The molecule has 0 saturated heterocycles. The van der Waals surface area contributed by atoms with Gasteiger partial charge in [-0.2, -0.15) is 0 Å². The molecule has 2 nitrogen and oxygen atoms in total. The van der Waals surface area contributed by atoms with Gasteiger partial charge >= 0.3 is 0 Å². The molecule has 0 bridgehead atoms. The SMILES string of the molecule is Nc1ccc(CNc2ccc(Cl)cc2)cc1. The number of nitrogen functional groups attached to an aromatic ring is 1. The fraction of sp³-hybridized carbons (Fsp3) is 0.0769. The number of halogens is 1. The molecule has 16 heavy (non-hydrogen) atoms. The monoisotopic (exact) mass is 232 g/mol. The van der Waals surface area contributed by atoms with Crippen LogP contribution in [0.2, 0.25) is 5.02 Å². The van der Waals surface area contributed by atoms with Crippen molar-refractivity contribution in [1.29, 1.82) is 0 Å². The zero-order valence-corrected chi connectivity index (χ0v) is 9.54. The van der Waals surface area contributed by atoms with Crippen LogP contribution in [0.15, 0.2) is 48.5 Å². The van der Waals surface area contributed by atoms with E-state index in [0.717, 1.165) is 22.9 Å². The molecule has 3 N–H and O–H groups in total. The van der Waals surface area contributed by atoms with Crippen LogP contribution in [0.1, 0.15) is 5.56 Å². The van der Waals surface area contributed by atoms with Crippen LogP contribution in [0.25, 0.3) is 0 Å². The summed E-state index contributed by atoms with van der Waals surface area (Å²) in [5.41, 5.74) is 8.66. The van der Waals surface area contributed by atoms with Gasteiger partial charge in [0.1, 0.15) is 0 Å². The van der Waals surface area contributed by atoms with Crippen LogP contribution in [-0.4, -0.2) is 0 Å². The lowest BCUT2D eigenvalue weighted by molar-refractivity contribution is 1.15. The topological polar surface area (TPSA) is 38.0 Å². The molecule has 2 aromatic carbocycles. The third-order valence-electron chi connectivity index (χ3n) is 2.32. The largest absolute Gasteiger partial charge is 0.399 e. The summed E-state index contributed by atoms with van der Waals surface area (Å²) in [6.07, 6.45) is 0. The summed E-state index contributed by atoms with van der Waals surface area (Å²) in [7, 11) is 0. The minimum absolute atomic E-state index is 0.748. The van der Waals surface area contributed by atoms with Crippen molar-refractivity contribution in [1.82, 2.24) is 0 Å². The van der Waals surface area contributed by atoms with E-state index in [1.165, 1.54) is 5.56 Å². The summed E-state index contributed by atoms with van der Waals surface area (Å²) in [4.78, 5) is 0. The summed E-state index contributed by atoms with van der Waals surface area (Å²) in [5.74, 6) is 0. The van der Waals surface area contributed by atoms with Gasteiger partial charge in [0.2, 0.25) is 0 Å². The van der Waals surface area contributed by atoms with Crippen LogP contribution in [-0.2, 0) is 6.54 Å². The number of hydrogen-bond donors (Lipinski definition) is 2. The Kier molecular flexibility index (Phi) is 3.32. The lowest BCUT2D eigenvalue weighted by Gasteiger charge is -2.06. The standard InChI is InChI=1S/C13H13ClN2/c14-11-3-7-13(8-4-11)16-9-10-1-5-12(15)6-2-10/h1-8,16H,9,15H2. The van der Waals surface area contributed by atoms with Crippen molar-refractivity contribution < 1.29 is 0 Å². The summed E-state index contributed by atoms with van der Waals surface area (Å²) in [6.45, 7) is 0.780. The fourth-order valence-electron chi connectivity index (χ4n) is 1.41. The zero-order chi connectivity index (χ0) is 11.4. The second-order valence-corrected chi connectivity index (χ2v) is 4.04. The quantitative estimate of drug-likeness (QED) is 0.795. The van der Waals surface area contributed by atoms with Crippen LogP contribution in [0.3, 0.4) is 0 Å². The Labute approximate surface area is 100 Å². The van der Waals surface area contributed by atoms with Gasteiger partial charge in [-0.05, 0) is 42.0 Å². The molecule has 0 aromatic heterocycles. The first-order chi connectivity index (χ1) is 7.74. The van der Waals surface area contributed by atoms with Gasteiger partial charge in [0, 0.05) is 22.9 Å². The van der Waals surface area contributed by atoms with Crippen molar-refractivity contribution in [3.8, 4) is 0 Å². The maximum atomic E-state index is 5.80. The molecule has 0 unspecified atom stereocenters. The number of nitrogens with one attached hydrogen (secondary N) is 1. The Morgan fingerprint density at radius 3 is 2.19 bits per heavy atom. The Morgan fingerprint density at radius 2 is 1.56 bits per heavy atom. The summed E-state index contributed by atoms with van der Waals surface area (Å²) >= 11 is 5.80. The smallest absolute Gasteiger partial charge is 0.0407 e. The molecule has 0 heterocycles. The molecule has 0 radical (unpaired) electrons. The first kappa shape index (κ1) is 10.8. The van der Waals surface area contributed by atoms with E-state index in [2.05, 4.69) is 5.32 Å². The number of rotatable bonds is 3. The second-order valence-electron chi connectivity index (χ2n) is 3.60. The number of anilines is 2. The first-order valence-corrected chi connectivity index (χ1v) is 5.46. The van der Waals surface area contributed by atoms with E-state index in [-0.39, 0.29) is 0 Å². The van der Waals surface area contributed by atoms with Gasteiger partial charge in [0.15, 0.2) is 0 Å². The van der Waals surface area contributed by atoms with Crippen LogP contribution >= 0.6 is 11.6 Å². The van der Waals surface area contributed by atoms with Crippen LogP contribution in [0, 0.1) is 0 Å². The zero-order valence-electron chi connectivity index (χ0n) is 8.78. The number of nitrogens with two attached hydrogens (primary N) is 1. The maximum absolute atomic E-state index is 5.80. The van der Waals surface area contributed by atoms with E-state index >= 15 is 0 Å². The summed E-state index contributed by atoms with van der Waals surface area (Å²) < 4.78 is 0. The molecule has 0 atom stereocenters. The average Bonchev–Trinajstić information content (AvgIpc) is 2.30. The van der Waals surface area contributed by atoms with Crippen LogP contribution < -0.4 is 11.1 Å². The van der Waals surface area contributed by atoms with Gasteiger partial charge in [-0.25, -0.2) is 0 Å². The molecule has 0 aliphatic rings. The molecular weight excluding hydrogens is 220 g/mol. The van der Waals surface area contributed by atoms with Crippen LogP contribution in [0.4, 0.5) is 11.4 Å². The Hall–Kier alpha value is -1.67. The molecule has 0 amide bonds. The van der Waals surface area contributed by atoms with Gasteiger partial charge in [-0.15, -0.1) is 0 Å². The first-order valence-electron chi connectivity index (χ1n) is 5.08. The van der Waals surface area contributed by atoms with Crippen molar-refractivity contribution in [3.63, 3.8) is 0 Å². The predicted molar refractivity (Wildman–Crippen MR) is 69.6 cm³/mol. The highest BCUT2D eigenvalue weighted by Crippen LogP contribution is 2.14. The number of benzene rings is 2. The van der Waals surface area contributed by atoms with Crippen molar-refractivity contribution in [3.05, 3.63) is 59.1 Å². The van der Waals surface area contributed by atoms with Gasteiger partial charge in [0.05, 0.1) is 0 Å². The predicted octanol–water partition coefficient (Wildman–Crippen LogP) is 3.53. The molecule has 0 saturated carbocycles. The van der Waals surface area contributed by atoms with Crippen molar-refractivity contribution in [2.75, 3.05) is 11.1 Å². The molecule has 0 aliphatic carbocycles. The van der Waals surface area contributed by atoms with E-state index in [1.54, 1.807) is 0 Å². The minimum Gasteiger partial charge on any atom is -0.399 e. The highest BCUT2D eigenvalue weighted by Gasteiger charge is 1.94. The highest BCUT2D eigenvalue weighted by molar-refractivity contribution is 6.30. The fourth-order valence-corrected chi connectivity index (χ4v) is 1.53. The van der Waals surface area contributed by atoms with E-state index in [1.807, 2.05) is 48.5 Å². The van der Waals surface area contributed by atoms with Crippen molar-refractivity contribution in [2.24, 2.45) is 0 Å². The molecule has 82 valence electrons. The average molecular weight is 233 g/mol. The molecule has 2 aromatic rings. The highest BCUT2D eigenvalue weighted by atomic mass is 35.5. The lowest BCUT2D eigenvalue weighted by Crippen LogP contribution is -1.99. The third-order valence-corrected chi connectivity index (χ3v) is 2.57. The van der Waals surface area contributed by atoms with E-state index in [9.17, 15) is 0 Å². The normalized spacial score (nSPS) is 10.1. The van der Waals surface area contributed by atoms with E-state index in [0.29, 0.717) is 0 Å². The molecular formula is C13H13ClN2. The van der Waals surface area contributed by atoms with Gasteiger partial charge in [-0.1, -0.05) is 23.7 Å². The molecule has 3 heteroatoms. The van der Waals surface area contributed by atoms with Gasteiger partial charge in [-0.3, -0.25) is 0 Å². The van der Waals surface area contributed by atoms with E-state index < -0.39 is 0 Å². The van der Waals surface area contributed by atoms with Crippen molar-refractivity contribution in [2.45, 2.75) is 6.54 Å². The minimum atomic E-state index is 0.748. The maximum Gasteiger partial charge on any atom is 0.0407 e. The number of hydrogen-bond acceptors (Lipinski definition) is 2. The van der Waals surface area contributed by atoms with E-state index in [4.69, 9.17) is 17.3 Å². The van der Waals surface area contributed by atoms with Gasteiger partial charge < -0.3 is 11.1 Å². The summed E-state index contributed by atoms with van der Waals surface area (Å²) in [6, 6.07) is 15.5. The third kappa shape index (κ3) is 2.91. The molecule has 0 spiro atoms. The molecule has 2 rings (SSSR count). The van der Waals surface area contributed by atoms with Gasteiger partial charge in [0.25, 0.3) is 0 Å². The Balaban J connectivity index is 1.97. The molecule has 0 fully saturated rings. The van der Waals surface area contributed by atoms with Crippen molar-refractivity contribution >= 4 is 23.0 Å². The summed E-state index contributed by atoms with van der Waals surface area (Å²) in [5, 5.41) is 4.06. The Morgan fingerprint density at radius 1 is 0.938 bits per heavy atom. The molecule has 0 aliphatic heterocycles. The second kappa shape index (κ2) is 4.90. The lowest BCUT2D eigenvalue weighted by atomic mass is 10.2.